The third-order valence-electron chi connectivity index (χ3n) is 4.97. The average Bonchev–Trinajstić information content (AvgIpc) is 2.74. The average molecular weight is 548 g/mol. The van der Waals surface area contributed by atoms with Gasteiger partial charge in [0, 0.05) is 39.7 Å². The number of hydrogen-bond acceptors (Lipinski definition) is 2. The minimum atomic E-state index is -5.25. The molecule has 3 aromatic rings. The Kier molecular flexibility index (Phi) is 7.28. The van der Waals surface area contributed by atoms with Gasteiger partial charge in [-0.1, -0.05) is 11.8 Å². The van der Waals surface area contributed by atoms with Crippen LogP contribution in [0.5, 0.6) is 0 Å². The highest BCUT2D eigenvalue weighted by Crippen LogP contribution is 2.41. The van der Waals surface area contributed by atoms with Crippen LogP contribution in [0.1, 0.15) is 27.8 Å². The summed E-state index contributed by atoms with van der Waals surface area (Å²) in [5, 5.41) is 0. The van der Waals surface area contributed by atoms with E-state index in [4.69, 9.17) is 11.5 Å². The molecule has 0 amide bonds. The number of nitrogen functional groups attached to an aromatic ring is 2. The molecule has 198 valence electrons. The lowest BCUT2D eigenvalue weighted by atomic mass is 9.95. The molecule has 0 heterocycles. The van der Waals surface area contributed by atoms with Crippen LogP contribution in [0.15, 0.2) is 42.5 Å². The first-order chi connectivity index (χ1) is 17.4. The molecule has 0 atom stereocenters. The fourth-order valence-electron chi connectivity index (χ4n) is 3.29. The first-order valence-electron chi connectivity index (χ1n) is 9.95. The van der Waals surface area contributed by atoms with E-state index in [1.807, 2.05) is 17.8 Å². The van der Waals surface area contributed by atoms with Gasteiger partial charge in [-0.05, 0) is 48.2 Å². The molecule has 0 aliphatic rings. The molecule has 0 fully saturated rings. The second kappa shape index (κ2) is 9.82. The van der Waals surface area contributed by atoms with Crippen molar-refractivity contribution in [2.45, 2.75) is 18.5 Å². The third-order valence-corrected chi connectivity index (χ3v) is 4.97. The van der Waals surface area contributed by atoms with Gasteiger partial charge in [-0.3, -0.25) is 0 Å². The topological polar surface area (TPSA) is 52.0 Å². The van der Waals surface area contributed by atoms with E-state index in [9.17, 15) is 48.3 Å². The van der Waals surface area contributed by atoms with Crippen LogP contribution in [-0.4, -0.2) is 0 Å². The summed E-state index contributed by atoms with van der Waals surface area (Å²) in [5.74, 6) is 5.87. The molecule has 0 aromatic heterocycles. The van der Waals surface area contributed by atoms with Gasteiger partial charge in [-0.2, -0.15) is 39.5 Å². The Hall–Kier alpha value is -4.39. The Morgan fingerprint density at radius 3 is 1.50 bits per heavy atom. The van der Waals surface area contributed by atoms with Gasteiger partial charge in [-0.15, -0.1) is 0 Å². The van der Waals surface area contributed by atoms with E-state index in [1.165, 1.54) is 0 Å². The van der Waals surface area contributed by atoms with Crippen LogP contribution in [0.4, 0.5) is 59.7 Å². The Bertz CT molecular complexity index is 1520. The summed E-state index contributed by atoms with van der Waals surface area (Å²) in [6.45, 7) is 0. The van der Waals surface area contributed by atoms with E-state index < -0.39 is 74.9 Å². The van der Waals surface area contributed by atoms with Crippen LogP contribution in [-0.2, 0) is 18.5 Å². The van der Waals surface area contributed by atoms with Gasteiger partial charge in [0.15, 0.2) is 0 Å². The largest absolute Gasteiger partial charge is 0.418 e. The number of hydrogen-bond donors (Lipinski definition) is 2. The van der Waals surface area contributed by atoms with E-state index >= 15 is 0 Å². The van der Waals surface area contributed by atoms with Gasteiger partial charge < -0.3 is 11.5 Å². The van der Waals surface area contributed by atoms with Crippen molar-refractivity contribution >= 4 is 11.4 Å². The summed E-state index contributed by atoms with van der Waals surface area (Å²) in [5.41, 5.74) is 1.70. The fourth-order valence-corrected chi connectivity index (χ4v) is 3.29. The van der Waals surface area contributed by atoms with Gasteiger partial charge in [0.25, 0.3) is 0 Å². The molecule has 0 spiro atoms. The van der Waals surface area contributed by atoms with E-state index in [-0.39, 0.29) is 11.6 Å². The van der Waals surface area contributed by atoms with E-state index in [0.717, 1.165) is 12.1 Å². The van der Waals surface area contributed by atoms with Gasteiger partial charge in [-0.25, -0.2) is 8.78 Å². The summed E-state index contributed by atoms with van der Waals surface area (Å²) in [7, 11) is 0. The molecule has 3 rings (SSSR count). The van der Waals surface area contributed by atoms with Crippen LogP contribution < -0.4 is 11.5 Å². The number of benzene rings is 3. The van der Waals surface area contributed by atoms with Crippen molar-refractivity contribution in [2.24, 2.45) is 0 Å². The highest BCUT2D eigenvalue weighted by atomic mass is 19.4. The molecule has 3 aromatic carbocycles. The predicted octanol–water partition coefficient (Wildman–Crippen LogP) is 7.26. The first kappa shape index (κ1) is 28.2. The lowest BCUT2D eigenvalue weighted by molar-refractivity contribution is -0.143. The standard InChI is InChI=1S/C25H11F11N2/c26-14-5-6-15(20(27)9-14)16-10-18(24(31,32)33)21(37)7-12(16)3-1-2-4-13-8-22(38)19(25(34,35)36)11-17(13)23(28,29)30/h5-11H,37-38H2. The van der Waals surface area contributed by atoms with Crippen molar-refractivity contribution < 1.29 is 48.3 Å². The van der Waals surface area contributed by atoms with Crippen LogP contribution >= 0.6 is 0 Å². The number of anilines is 2. The predicted molar refractivity (Wildman–Crippen MR) is 116 cm³/mol. The maximum atomic E-state index is 14.3. The number of nitrogens with two attached hydrogens (primary N) is 2. The molecule has 0 aliphatic carbocycles. The number of rotatable bonds is 1. The van der Waals surface area contributed by atoms with Crippen LogP contribution in [0.3, 0.4) is 0 Å². The molecule has 0 aliphatic heterocycles. The molecule has 2 nitrogen and oxygen atoms in total. The van der Waals surface area contributed by atoms with E-state index in [0.29, 0.717) is 24.3 Å². The fraction of sp³-hybridized carbons (Fsp3) is 0.120. The summed E-state index contributed by atoms with van der Waals surface area (Å²) < 4.78 is 147. The van der Waals surface area contributed by atoms with Crippen molar-refractivity contribution in [3.63, 3.8) is 0 Å². The van der Waals surface area contributed by atoms with Gasteiger partial charge in [0.2, 0.25) is 0 Å². The molecule has 4 N–H and O–H groups in total. The minimum Gasteiger partial charge on any atom is -0.398 e. The Morgan fingerprint density at radius 2 is 1.00 bits per heavy atom. The van der Waals surface area contributed by atoms with E-state index in [2.05, 4.69) is 5.92 Å². The van der Waals surface area contributed by atoms with Crippen LogP contribution in [0.25, 0.3) is 11.1 Å². The highest BCUT2D eigenvalue weighted by molar-refractivity contribution is 5.76. The van der Waals surface area contributed by atoms with Gasteiger partial charge in [0.1, 0.15) is 11.6 Å². The van der Waals surface area contributed by atoms with Gasteiger partial charge >= 0.3 is 18.5 Å². The summed E-state index contributed by atoms with van der Waals surface area (Å²) >= 11 is 0. The Labute approximate surface area is 207 Å². The minimum absolute atomic E-state index is 0.210. The van der Waals surface area contributed by atoms with Gasteiger partial charge in [0.05, 0.1) is 16.7 Å². The molecule has 13 heteroatoms. The highest BCUT2D eigenvalue weighted by Gasteiger charge is 2.39. The number of halogens is 11. The molecule has 0 bridgehead atoms. The maximum absolute atomic E-state index is 14.3. The second-order valence-electron chi connectivity index (χ2n) is 7.59. The monoisotopic (exact) mass is 548 g/mol. The van der Waals surface area contributed by atoms with Crippen LogP contribution in [0.2, 0.25) is 0 Å². The summed E-state index contributed by atoms with van der Waals surface area (Å²) in [6.07, 6.45) is -15.4. The van der Waals surface area contributed by atoms with Crippen molar-refractivity contribution in [1.82, 2.24) is 0 Å². The summed E-state index contributed by atoms with van der Waals surface area (Å²) in [4.78, 5) is 0. The third kappa shape index (κ3) is 6.11. The molecule has 0 saturated carbocycles. The smallest absolute Gasteiger partial charge is 0.398 e. The summed E-state index contributed by atoms with van der Waals surface area (Å²) in [6, 6.07) is 3.34. The van der Waals surface area contributed by atoms with Crippen LogP contribution in [0, 0.1) is 35.3 Å². The maximum Gasteiger partial charge on any atom is 0.418 e. The molecule has 0 saturated heterocycles. The molecule has 0 radical (unpaired) electrons. The molecule has 38 heavy (non-hydrogen) atoms. The SMILES string of the molecule is Nc1cc(C#CC#Cc2cc(N)c(C(F)(F)F)cc2C(F)(F)F)c(-c2ccc(F)cc2F)cc1C(F)(F)F. The molecular weight excluding hydrogens is 537 g/mol. The number of alkyl halides is 9. The first-order valence-corrected chi connectivity index (χ1v) is 9.95. The zero-order chi connectivity index (χ0) is 28.6. The lowest BCUT2D eigenvalue weighted by Gasteiger charge is -2.15. The zero-order valence-electron chi connectivity index (χ0n) is 18.4. The Morgan fingerprint density at radius 1 is 0.526 bits per heavy atom. The normalized spacial score (nSPS) is 11.9. The second-order valence-corrected chi connectivity index (χ2v) is 7.59. The van der Waals surface area contributed by atoms with Crippen molar-refractivity contribution in [2.75, 3.05) is 11.5 Å². The van der Waals surface area contributed by atoms with Crippen molar-refractivity contribution in [3.05, 3.63) is 81.9 Å². The van der Waals surface area contributed by atoms with E-state index in [1.54, 1.807) is 0 Å². The zero-order valence-corrected chi connectivity index (χ0v) is 18.4. The van der Waals surface area contributed by atoms with Crippen molar-refractivity contribution in [1.29, 1.82) is 0 Å². The van der Waals surface area contributed by atoms with Crippen molar-refractivity contribution in [3.8, 4) is 34.8 Å². The molecule has 0 unspecified atom stereocenters. The molecular formula is C25H11F11N2. The lowest BCUT2D eigenvalue weighted by Crippen LogP contribution is -2.15. The quantitative estimate of drug-likeness (QED) is 0.191. The Balaban J connectivity index is 2.17.